The number of carbonyl (C=O) groups is 1. The van der Waals surface area contributed by atoms with E-state index in [1.165, 1.54) is 12.1 Å². The van der Waals surface area contributed by atoms with E-state index in [1.807, 2.05) is 0 Å². The number of aromatic nitrogens is 2. The lowest BCUT2D eigenvalue weighted by molar-refractivity contribution is -0.113. The van der Waals surface area contributed by atoms with Crippen molar-refractivity contribution in [3.8, 4) is 0 Å². The summed E-state index contributed by atoms with van der Waals surface area (Å²) in [6.45, 7) is 0. The molecule has 0 aliphatic rings. The van der Waals surface area contributed by atoms with Crippen molar-refractivity contribution >= 4 is 45.9 Å². The zero-order chi connectivity index (χ0) is 18.0. The average molecular weight is 379 g/mol. The molecule has 6 nitrogen and oxygen atoms in total. The van der Waals surface area contributed by atoms with Crippen LogP contribution in [0.25, 0.3) is 10.9 Å². The normalized spacial score (nSPS) is 10.8. The molecule has 3 rings (SSSR count). The van der Waals surface area contributed by atoms with Gasteiger partial charge in [-0.15, -0.1) is 0 Å². The Labute approximate surface area is 150 Å². The van der Waals surface area contributed by atoms with Gasteiger partial charge in [0, 0.05) is 0 Å². The minimum Gasteiger partial charge on any atom is -0.334 e. The molecule has 3 N–H and O–H groups in total. The number of nitrogens with one attached hydrogen (secondary N) is 1. The third kappa shape index (κ3) is 3.75. The molecule has 0 saturated carbocycles. The predicted octanol–water partition coefficient (Wildman–Crippen LogP) is 2.63. The van der Waals surface area contributed by atoms with Gasteiger partial charge >= 0.3 is 0 Å². The standard InChI is InChI=1S/C16H12ClFN4O2S/c17-11-6-5-9(18)7-13(11)20-14(23)8-25-16-21-12-4-2-1-3-10(12)15(24)22(16)19/h1-7H,8,19H2,(H,20,23). The Morgan fingerprint density at radius 2 is 2.08 bits per heavy atom. The first-order chi connectivity index (χ1) is 12.0. The molecule has 9 heteroatoms. The van der Waals surface area contributed by atoms with Gasteiger partial charge in [0.1, 0.15) is 5.82 Å². The molecular weight excluding hydrogens is 367 g/mol. The lowest BCUT2D eigenvalue weighted by Crippen LogP contribution is -2.30. The molecule has 3 aromatic rings. The Morgan fingerprint density at radius 3 is 2.88 bits per heavy atom. The number of benzene rings is 2. The first-order valence-corrected chi connectivity index (χ1v) is 8.46. The lowest BCUT2D eigenvalue weighted by atomic mass is 10.2. The van der Waals surface area contributed by atoms with Crippen LogP contribution in [0.2, 0.25) is 5.02 Å². The number of fused-ring (bicyclic) bond motifs is 1. The number of hydrogen-bond donors (Lipinski definition) is 2. The van der Waals surface area contributed by atoms with E-state index >= 15 is 0 Å². The van der Waals surface area contributed by atoms with Crippen LogP contribution >= 0.6 is 23.4 Å². The van der Waals surface area contributed by atoms with Crippen molar-refractivity contribution in [2.24, 2.45) is 0 Å². The van der Waals surface area contributed by atoms with Crippen molar-refractivity contribution in [3.05, 3.63) is 63.7 Å². The second-order valence-corrected chi connectivity index (χ2v) is 6.40. The summed E-state index contributed by atoms with van der Waals surface area (Å²) in [6, 6.07) is 10.4. The number of hydrogen-bond acceptors (Lipinski definition) is 5. The lowest BCUT2D eigenvalue weighted by Gasteiger charge is -2.09. The zero-order valence-corrected chi connectivity index (χ0v) is 14.3. The third-order valence-electron chi connectivity index (χ3n) is 3.31. The van der Waals surface area contributed by atoms with Crippen LogP contribution in [-0.2, 0) is 4.79 Å². The van der Waals surface area contributed by atoms with Crippen LogP contribution in [0.15, 0.2) is 52.4 Å². The fourth-order valence-electron chi connectivity index (χ4n) is 2.14. The van der Waals surface area contributed by atoms with Gasteiger partial charge in [-0.05, 0) is 30.3 Å². The maximum atomic E-state index is 13.2. The van der Waals surface area contributed by atoms with E-state index in [0.29, 0.717) is 10.9 Å². The fourth-order valence-corrected chi connectivity index (χ4v) is 3.02. The summed E-state index contributed by atoms with van der Waals surface area (Å²) in [5, 5.41) is 3.32. The molecule has 0 aliphatic carbocycles. The summed E-state index contributed by atoms with van der Waals surface area (Å²) in [5.74, 6) is 4.73. The van der Waals surface area contributed by atoms with Gasteiger partial charge in [-0.25, -0.2) is 14.1 Å². The van der Waals surface area contributed by atoms with Crippen LogP contribution in [-0.4, -0.2) is 21.3 Å². The molecule has 0 saturated heterocycles. The first kappa shape index (κ1) is 17.2. The fraction of sp³-hybridized carbons (Fsp3) is 0.0625. The van der Waals surface area contributed by atoms with Crippen LogP contribution in [0.5, 0.6) is 0 Å². The molecule has 1 amide bonds. The number of amides is 1. The van der Waals surface area contributed by atoms with E-state index in [0.717, 1.165) is 22.5 Å². The van der Waals surface area contributed by atoms with E-state index in [-0.39, 0.29) is 21.6 Å². The van der Waals surface area contributed by atoms with Crippen LogP contribution in [0.1, 0.15) is 0 Å². The smallest absolute Gasteiger partial charge is 0.280 e. The number of nitrogens with zero attached hydrogens (tertiary/aromatic N) is 2. The quantitative estimate of drug-likeness (QED) is 0.414. The summed E-state index contributed by atoms with van der Waals surface area (Å²) in [7, 11) is 0. The molecule has 0 radical (unpaired) electrons. The molecule has 1 aromatic heterocycles. The van der Waals surface area contributed by atoms with Crippen molar-refractivity contribution in [3.63, 3.8) is 0 Å². The molecular formula is C16H12ClFN4O2S. The van der Waals surface area contributed by atoms with Gasteiger partial charge < -0.3 is 11.2 Å². The van der Waals surface area contributed by atoms with Crippen molar-refractivity contribution in [1.82, 2.24) is 9.66 Å². The van der Waals surface area contributed by atoms with Gasteiger partial charge in [-0.2, -0.15) is 0 Å². The molecule has 0 unspecified atom stereocenters. The van der Waals surface area contributed by atoms with Crippen LogP contribution in [0.4, 0.5) is 10.1 Å². The second kappa shape index (κ2) is 7.12. The van der Waals surface area contributed by atoms with Gasteiger partial charge in [-0.1, -0.05) is 35.5 Å². The van der Waals surface area contributed by atoms with Gasteiger partial charge in [0.05, 0.1) is 27.4 Å². The molecule has 25 heavy (non-hydrogen) atoms. The Kier molecular flexibility index (Phi) is 4.91. The van der Waals surface area contributed by atoms with E-state index in [9.17, 15) is 14.0 Å². The number of nitrogen functional groups attached to an aromatic ring is 1. The van der Waals surface area contributed by atoms with Crippen molar-refractivity contribution in [2.75, 3.05) is 16.9 Å². The number of thioether (sulfide) groups is 1. The molecule has 1 heterocycles. The number of para-hydroxylation sites is 1. The SMILES string of the molecule is Nn1c(SCC(=O)Nc2cc(F)ccc2Cl)nc2ccccc2c1=O. The monoisotopic (exact) mass is 378 g/mol. The van der Waals surface area contributed by atoms with Crippen molar-refractivity contribution < 1.29 is 9.18 Å². The van der Waals surface area contributed by atoms with Gasteiger partial charge in [0.15, 0.2) is 5.16 Å². The van der Waals surface area contributed by atoms with Crippen LogP contribution < -0.4 is 16.7 Å². The Morgan fingerprint density at radius 1 is 1.32 bits per heavy atom. The molecule has 0 fully saturated rings. The highest BCUT2D eigenvalue weighted by atomic mass is 35.5. The predicted molar refractivity (Wildman–Crippen MR) is 96.9 cm³/mol. The van der Waals surface area contributed by atoms with E-state index in [2.05, 4.69) is 10.3 Å². The molecule has 0 atom stereocenters. The van der Waals surface area contributed by atoms with Crippen LogP contribution in [0.3, 0.4) is 0 Å². The molecule has 128 valence electrons. The highest BCUT2D eigenvalue weighted by Crippen LogP contribution is 2.23. The Balaban J connectivity index is 1.76. The summed E-state index contributed by atoms with van der Waals surface area (Å²) in [6.07, 6.45) is 0. The van der Waals surface area contributed by atoms with Crippen molar-refractivity contribution in [2.45, 2.75) is 5.16 Å². The van der Waals surface area contributed by atoms with Gasteiger partial charge in [-0.3, -0.25) is 9.59 Å². The van der Waals surface area contributed by atoms with Crippen molar-refractivity contribution in [1.29, 1.82) is 0 Å². The Bertz CT molecular complexity index is 1020. The molecule has 0 bridgehead atoms. The molecule has 0 aliphatic heterocycles. The number of anilines is 1. The number of nitrogens with two attached hydrogens (primary N) is 1. The Hall–Kier alpha value is -2.58. The maximum Gasteiger partial charge on any atom is 0.280 e. The average Bonchev–Trinajstić information content (AvgIpc) is 2.60. The maximum absolute atomic E-state index is 13.2. The number of halogens is 2. The second-order valence-electron chi connectivity index (χ2n) is 5.05. The summed E-state index contributed by atoms with van der Waals surface area (Å²) < 4.78 is 14.1. The van der Waals surface area contributed by atoms with E-state index in [1.54, 1.807) is 24.3 Å². The largest absolute Gasteiger partial charge is 0.334 e. The van der Waals surface area contributed by atoms with Crippen LogP contribution in [0, 0.1) is 5.82 Å². The van der Waals surface area contributed by atoms with Gasteiger partial charge in [0.25, 0.3) is 5.56 Å². The molecule has 0 spiro atoms. The third-order valence-corrected chi connectivity index (χ3v) is 4.59. The summed E-state index contributed by atoms with van der Waals surface area (Å²) in [5.41, 5.74) is 0.260. The highest BCUT2D eigenvalue weighted by Gasteiger charge is 2.12. The van der Waals surface area contributed by atoms with Gasteiger partial charge in [0.2, 0.25) is 5.91 Å². The summed E-state index contributed by atoms with van der Waals surface area (Å²) in [4.78, 5) is 28.5. The number of carbonyl (C=O) groups excluding carboxylic acids is 1. The van der Waals surface area contributed by atoms with E-state index < -0.39 is 17.3 Å². The zero-order valence-electron chi connectivity index (χ0n) is 12.7. The van der Waals surface area contributed by atoms with E-state index in [4.69, 9.17) is 17.4 Å². The topological polar surface area (TPSA) is 90.0 Å². The molecule has 2 aromatic carbocycles. The number of rotatable bonds is 4. The minimum atomic E-state index is -0.514. The minimum absolute atomic E-state index is 0.0746. The highest BCUT2D eigenvalue weighted by molar-refractivity contribution is 7.99. The summed E-state index contributed by atoms with van der Waals surface area (Å²) >= 11 is 6.89. The first-order valence-electron chi connectivity index (χ1n) is 7.10.